The molecule has 5 rings (SSSR count). The van der Waals surface area contributed by atoms with E-state index in [-0.39, 0.29) is 11.5 Å². The number of rotatable bonds is 5. The van der Waals surface area contributed by atoms with Crippen molar-refractivity contribution in [2.45, 2.75) is 13.1 Å². The topological polar surface area (TPSA) is 117 Å². The van der Waals surface area contributed by atoms with E-state index in [0.717, 1.165) is 30.8 Å². The lowest BCUT2D eigenvalue weighted by Gasteiger charge is -2.34. The summed E-state index contributed by atoms with van der Waals surface area (Å²) in [7, 11) is 3.70. The van der Waals surface area contributed by atoms with Crippen LogP contribution in [0.5, 0.6) is 0 Å². The van der Waals surface area contributed by atoms with Crippen molar-refractivity contribution < 1.29 is 18.0 Å². The van der Waals surface area contributed by atoms with E-state index in [1.54, 1.807) is 36.1 Å². The number of hydrogen-bond donors (Lipinski definition) is 3. The van der Waals surface area contributed by atoms with Crippen LogP contribution in [0.1, 0.15) is 21.5 Å². The van der Waals surface area contributed by atoms with Gasteiger partial charge in [0, 0.05) is 62.0 Å². The molecule has 0 aliphatic carbocycles. The summed E-state index contributed by atoms with van der Waals surface area (Å²) in [6, 6.07) is 8.67. The summed E-state index contributed by atoms with van der Waals surface area (Å²) in [5.41, 5.74) is 7.60. The fraction of sp³-hybridized carbons (Fsp3) is 0.308. The Bertz CT molecular complexity index is 1540. The first-order valence-electron chi connectivity index (χ1n) is 12.3. The number of carbonyl (C=O) groups is 1. The molecule has 4 N–H and O–H groups in total. The standard InChI is InChI=1S/C26H28F3N9O/c1-15-4-5-18(13-21(15)33-22-20-14-31-25(30)34-23(20)37(3)35-22)32-24(39)16-10-17(26(27,28)29)12-19(11-16)38-8-6-36(2)7-9-38/h4-5,10-14H,6-9H2,1-3H3,(H,32,39)(H,33,35)(H2,30,31,34). The number of piperazine rings is 1. The number of nitrogen functional groups attached to an aromatic ring is 1. The molecular formula is C26H28F3N9O. The summed E-state index contributed by atoms with van der Waals surface area (Å²) in [6.07, 6.45) is -3.02. The molecule has 10 nitrogen and oxygen atoms in total. The molecule has 1 saturated heterocycles. The van der Waals surface area contributed by atoms with E-state index in [1.165, 1.54) is 6.07 Å². The summed E-state index contributed by atoms with van der Waals surface area (Å²) < 4.78 is 42.7. The molecule has 1 fully saturated rings. The van der Waals surface area contributed by atoms with Gasteiger partial charge in [0.15, 0.2) is 11.5 Å². The zero-order chi connectivity index (χ0) is 27.9. The molecule has 1 aliphatic heterocycles. The molecule has 1 amide bonds. The number of aromatic nitrogens is 4. The minimum atomic E-state index is -4.58. The molecule has 0 saturated carbocycles. The van der Waals surface area contributed by atoms with Crippen LogP contribution < -0.4 is 21.3 Å². The number of carbonyl (C=O) groups excluding carboxylic acids is 1. The molecule has 2 aromatic heterocycles. The number of amides is 1. The van der Waals surface area contributed by atoms with E-state index in [1.807, 2.05) is 18.9 Å². The second-order valence-electron chi connectivity index (χ2n) is 9.60. The fourth-order valence-electron chi connectivity index (χ4n) is 4.46. The van der Waals surface area contributed by atoms with Crippen molar-refractivity contribution in [2.75, 3.05) is 54.5 Å². The molecule has 39 heavy (non-hydrogen) atoms. The van der Waals surface area contributed by atoms with Crippen molar-refractivity contribution in [1.29, 1.82) is 0 Å². The van der Waals surface area contributed by atoms with Crippen molar-refractivity contribution in [3.05, 3.63) is 59.3 Å². The third-order valence-corrected chi connectivity index (χ3v) is 6.72. The van der Waals surface area contributed by atoms with Crippen LogP contribution in [-0.4, -0.2) is 63.8 Å². The SMILES string of the molecule is Cc1ccc(NC(=O)c2cc(N3CCN(C)CC3)cc(C(F)(F)F)c2)cc1Nc1nn(C)c2nc(N)ncc12. The summed E-state index contributed by atoms with van der Waals surface area (Å²) in [5, 5.41) is 11.1. The molecule has 0 spiro atoms. The maximum atomic E-state index is 13.7. The highest BCUT2D eigenvalue weighted by Crippen LogP contribution is 2.34. The van der Waals surface area contributed by atoms with Crippen molar-refractivity contribution in [3.8, 4) is 0 Å². The lowest BCUT2D eigenvalue weighted by atomic mass is 10.1. The van der Waals surface area contributed by atoms with Gasteiger partial charge in [-0.25, -0.2) is 9.67 Å². The number of anilines is 5. The highest BCUT2D eigenvalue weighted by molar-refractivity contribution is 6.05. The number of nitrogens with two attached hydrogens (primary N) is 1. The Hall–Kier alpha value is -4.39. The van der Waals surface area contributed by atoms with Crippen LogP contribution in [0, 0.1) is 6.92 Å². The molecular weight excluding hydrogens is 511 g/mol. The highest BCUT2D eigenvalue weighted by Gasteiger charge is 2.32. The van der Waals surface area contributed by atoms with Gasteiger partial charge in [0.05, 0.1) is 10.9 Å². The number of likely N-dealkylation sites (N-methyl/N-ethyl adjacent to an activating group) is 1. The Kier molecular flexibility index (Phi) is 6.76. The third kappa shape index (κ3) is 5.58. The van der Waals surface area contributed by atoms with Gasteiger partial charge in [0.2, 0.25) is 5.95 Å². The van der Waals surface area contributed by atoms with Gasteiger partial charge in [-0.2, -0.15) is 23.3 Å². The second-order valence-corrected chi connectivity index (χ2v) is 9.60. The first-order chi connectivity index (χ1) is 18.5. The van der Waals surface area contributed by atoms with Crippen LogP contribution >= 0.6 is 0 Å². The van der Waals surface area contributed by atoms with Gasteiger partial charge in [-0.15, -0.1) is 0 Å². The predicted octanol–water partition coefficient (Wildman–Crippen LogP) is 4.02. The average Bonchev–Trinajstić information content (AvgIpc) is 3.19. The largest absolute Gasteiger partial charge is 0.416 e. The number of hydrogen-bond acceptors (Lipinski definition) is 8. The number of halogens is 3. The van der Waals surface area contributed by atoms with Crippen molar-refractivity contribution >= 4 is 45.8 Å². The normalized spacial score (nSPS) is 14.6. The van der Waals surface area contributed by atoms with Gasteiger partial charge < -0.3 is 26.2 Å². The Morgan fingerprint density at radius 2 is 1.79 bits per heavy atom. The molecule has 0 unspecified atom stereocenters. The number of aryl methyl sites for hydroxylation is 2. The van der Waals surface area contributed by atoms with E-state index >= 15 is 0 Å². The van der Waals surface area contributed by atoms with Gasteiger partial charge in [-0.3, -0.25) is 4.79 Å². The van der Waals surface area contributed by atoms with E-state index in [2.05, 4.69) is 30.6 Å². The molecule has 0 bridgehead atoms. The lowest BCUT2D eigenvalue weighted by Crippen LogP contribution is -2.44. The van der Waals surface area contributed by atoms with Crippen LogP contribution in [0.4, 0.5) is 42.0 Å². The zero-order valence-electron chi connectivity index (χ0n) is 21.7. The summed E-state index contributed by atoms with van der Waals surface area (Å²) in [6.45, 7) is 4.48. The lowest BCUT2D eigenvalue weighted by molar-refractivity contribution is -0.137. The maximum Gasteiger partial charge on any atom is 0.416 e. The Balaban J connectivity index is 1.41. The summed E-state index contributed by atoms with van der Waals surface area (Å²) in [4.78, 5) is 25.4. The first kappa shape index (κ1) is 26.2. The second kappa shape index (κ2) is 10.1. The Morgan fingerprint density at radius 1 is 1.05 bits per heavy atom. The molecule has 0 radical (unpaired) electrons. The molecule has 204 valence electrons. The monoisotopic (exact) mass is 539 g/mol. The minimum Gasteiger partial charge on any atom is -0.369 e. The summed E-state index contributed by atoms with van der Waals surface area (Å²) in [5.74, 6) is -0.0180. The predicted molar refractivity (Wildman–Crippen MR) is 144 cm³/mol. The van der Waals surface area contributed by atoms with Gasteiger partial charge in [-0.1, -0.05) is 6.07 Å². The maximum absolute atomic E-state index is 13.7. The highest BCUT2D eigenvalue weighted by atomic mass is 19.4. The van der Waals surface area contributed by atoms with Gasteiger partial charge >= 0.3 is 6.18 Å². The zero-order valence-corrected chi connectivity index (χ0v) is 21.7. The third-order valence-electron chi connectivity index (χ3n) is 6.72. The molecule has 2 aromatic carbocycles. The van der Waals surface area contributed by atoms with Crippen molar-refractivity contribution in [1.82, 2.24) is 24.6 Å². The Morgan fingerprint density at radius 3 is 2.51 bits per heavy atom. The van der Waals surface area contributed by atoms with Crippen LogP contribution in [-0.2, 0) is 13.2 Å². The number of benzene rings is 2. The number of nitrogens with zero attached hydrogens (tertiary/aromatic N) is 6. The van der Waals surface area contributed by atoms with Gasteiger partial charge in [-0.05, 0) is 49.9 Å². The smallest absolute Gasteiger partial charge is 0.369 e. The molecule has 1 aliphatic rings. The quantitative estimate of drug-likeness (QED) is 0.348. The molecule has 0 atom stereocenters. The number of alkyl halides is 3. The van der Waals surface area contributed by atoms with E-state index in [0.29, 0.717) is 47.0 Å². The van der Waals surface area contributed by atoms with Crippen molar-refractivity contribution in [3.63, 3.8) is 0 Å². The van der Waals surface area contributed by atoms with E-state index in [9.17, 15) is 18.0 Å². The summed E-state index contributed by atoms with van der Waals surface area (Å²) >= 11 is 0. The number of nitrogens with one attached hydrogen (secondary N) is 2. The van der Waals surface area contributed by atoms with Crippen LogP contribution in [0.15, 0.2) is 42.6 Å². The number of fused-ring (bicyclic) bond motifs is 1. The first-order valence-corrected chi connectivity index (χ1v) is 12.3. The average molecular weight is 540 g/mol. The molecule has 4 aromatic rings. The van der Waals surface area contributed by atoms with E-state index < -0.39 is 17.6 Å². The molecule has 3 heterocycles. The molecule has 13 heteroatoms. The van der Waals surface area contributed by atoms with Gasteiger partial charge in [0.1, 0.15) is 0 Å². The van der Waals surface area contributed by atoms with Gasteiger partial charge in [0.25, 0.3) is 5.91 Å². The van der Waals surface area contributed by atoms with Crippen molar-refractivity contribution in [2.24, 2.45) is 7.05 Å². The van der Waals surface area contributed by atoms with Crippen LogP contribution in [0.3, 0.4) is 0 Å². The Labute approximate surface area is 222 Å². The minimum absolute atomic E-state index is 0.0701. The van der Waals surface area contributed by atoms with Crippen LogP contribution in [0.25, 0.3) is 11.0 Å². The van der Waals surface area contributed by atoms with Crippen LogP contribution in [0.2, 0.25) is 0 Å². The van der Waals surface area contributed by atoms with E-state index in [4.69, 9.17) is 5.73 Å². The fourth-order valence-corrected chi connectivity index (χ4v) is 4.46.